The zero-order valence-electron chi connectivity index (χ0n) is 13.4. The van der Waals surface area contributed by atoms with Crippen LogP contribution in [0.25, 0.3) is 4.91 Å². The van der Waals surface area contributed by atoms with E-state index in [2.05, 4.69) is 18.7 Å². The second-order valence-electron chi connectivity index (χ2n) is 5.59. The monoisotopic (exact) mass is 327 g/mol. The minimum atomic E-state index is -3.35. The van der Waals surface area contributed by atoms with Crippen molar-refractivity contribution < 1.29 is 8.42 Å². The molecule has 120 valence electrons. The van der Waals surface area contributed by atoms with E-state index in [1.54, 1.807) is 0 Å². The summed E-state index contributed by atoms with van der Waals surface area (Å²) in [6.07, 6.45) is 0. The zero-order chi connectivity index (χ0) is 16.4. The number of likely N-dealkylation sites (N-methyl/N-ethyl adjacent to an activating group) is 1. The fourth-order valence-corrected chi connectivity index (χ4v) is 5.34. The lowest BCUT2D eigenvalue weighted by Gasteiger charge is -2.40. The predicted octanol–water partition coefficient (Wildman–Crippen LogP) is 3.87. The second kappa shape index (κ2) is 6.20. The molecule has 2 aromatic rings. The third-order valence-electron chi connectivity index (χ3n) is 4.32. The van der Waals surface area contributed by atoms with Gasteiger partial charge < -0.3 is 4.90 Å². The van der Waals surface area contributed by atoms with Gasteiger partial charge in [-0.05, 0) is 25.0 Å². The SMILES string of the molecule is CCN(CC)C1=C(c2ccccc2)S(=O)(=O)C1c1ccccc1. The van der Waals surface area contributed by atoms with Gasteiger partial charge in [0.15, 0.2) is 9.84 Å². The van der Waals surface area contributed by atoms with Crippen molar-refractivity contribution in [1.29, 1.82) is 0 Å². The van der Waals surface area contributed by atoms with E-state index in [0.29, 0.717) is 4.91 Å². The van der Waals surface area contributed by atoms with Crippen LogP contribution in [0.5, 0.6) is 0 Å². The van der Waals surface area contributed by atoms with Gasteiger partial charge in [0.2, 0.25) is 0 Å². The topological polar surface area (TPSA) is 37.4 Å². The van der Waals surface area contributed by atoms with Crippen LogP contribution in [-0.4, -0.2) is 26.4 Å². The molecule has 0 amide bonds. The molecule has 0 bridgehead atoms. The molecule has 4 heteroatoms. The van der Waals surface area contributed by atoms with Crippen LogP contribution in [-0.2, 0) is 9.84 Å². The van der Waals surface area contributed by atoms with Crippen molar-refractivity contribution in [2.75, 3.05) is 13.1 Å². The molecular weight excluding hydrogens is 306 g/mol. The van der Waals surface area contributed by atoms with Gasteiger partial charge in [0, 0.05) is 13.1 Å². The molecule has 1 unspecified atom stereocenters. The largest absolute Gasteiger partial charge is 0.373 e. The Morgan fingerprint density at radius 2 is 1.39 bits per heavy atom. The molecule has 23 heavy (non-hydrogen) atoms. The normalized spacial score (nSPS) is 19.3. The molecule has 0 saturated heterocycles. The summed E-state index contributed by atoms with van der Waals surface area (Å²) >= 11 is 0. The molecule has 0 N–H and O–H groups in total. The molecule has 1 heterocycles. The summed E-state index contributed by atoms with van der Waals surface area (Å²) in [6.45, 7) is 5.71. The van der Waals surface area contributed by atoms with Gasteiger partial charge in [0.25, 0.3) is 0 Å². The van der Waals surface area contributed by atoms with Gasteiger partial charge >= 0.3 is 0 Å². The van der Waals surface area contributed by atoms with E-state index in [1.165, 1.54) is 0 Å². The van der Waals surface area contributed by atoms with E-state index >= 15 is 0 Å². The number of sulfone groups is 1. The Balaban J connectivity index is 2.21. The average Bonchev–Trinajstić information content (AvgIpc) is 2.57. The van der Waals surface area contributed by atoms with Crippen LogP contribution in [0.3, 0.4) is 0 Å². The fraction of sp³-hybridized carbons (Fsp3) is 0.263. The number of nitrogens with zero attached hydrogens (tertiary/aromatic N) is 1. The van der Waals surface area contributed by atoms with E-state index in [1.807, 2.05) is 60.7 Å². The summed E-state index contributed by atoms with van der Waals surface area (Å²) in [4.78, 5) is 2.64. The van der Waals surface area contributed by atoms with Gasteiger partial charge in [-0.3, -0.25) is 0 Å². The van der Waals surface area contributed by atoms with Gasteiger partial charge in [-0.2, -0.15) is 0 Å². The third kappa shape index (κ3) is 2.57. The highest BCUT2D eigenvalue weighted by molar-refractivity contribution is 8.02. The molecule has 3 rings (SSSR count). The van der Waals surface area contributed by atoms with Crippen LogP contribution in [0.1, 0.15) is 30.2 Å². The highest BCUT2D eigenvalue weighted by atomic mass is 32.2. The maximum absolute atomic E-state index is 13.0. The lowest BCUT2D eigenvalue weighted by Crippen LogP contribution is -2.39. The molecule has 3 nitrogen and oxygen atoms in total. The van der Waals surface area contributed by atoms with Crippen molar-refractivity contribution in [3.63, 3.8) is 0 Å². The summed E-state index contributed by atoms with van der Waals surface area (Å²) in [5.41, 5.74) is 2.54. The van der Waals surface area contributed by atoms with Crippen LogP contribution in [0.2, 0.25) is 0 Å². The number of rotatable bonds is 5. The van der Waals surface area contributed by atoms with Crippen molar-refractivity contribution in [2.45, 2.75) is 19.1 Å². The number of hydrogen-bond acceptors (Lipinski definition) is 3. The third-order valence-corrected chi connectivity index (χ3v) is 6.45. The van der Waals surface area contributed by atoms with Gasteiger partial charge in [-0.15, -0.1) is 0 Å². The maximum Gasteiger partial charge on any atom is 0.193 e. The van der Waals surface area contributed by atoms with Crippen LogP contribution in [0.15, 0.2) is 66.4 Å². The van der Waals surface area contributed by atoms with E-state index in [0.717, 1.165) is 29.9 Å². The van der Waals surface area contributed by atoms with Gasteiger partial charge in [-0.1, -0.05) is 60.7 Å². The van der Waals surface area contributed by atoms with Crippen molar-refractivity contribution in [1.82, 2.24) is 4.90 Å². The second-order valence-corrected chi connectivity index (χ2v) is 7.56. The van der Waals surface area contributed by atoms with E-state index in [4.69, 9.17) is 0 Å². The van der Waals surface area contributed by atoms with E-state index in [-0.39, 0.29) is 0 Å². The average molecular weight is 327 g/mol. The Kier molecular flexibility index (Phi) is 4.26. The molecule has 0 saturated carbocycles. The highest BCUT2D eigenvalue weighted by Crippen LogP contribution is 2.51. The van der Waals surface area contributed by atoms with Crippen molar-refractivity contribution in [2.24, 2.45) is 0 Å². The van der Waals surface area contributed by atoms with Crippen LogP contribution in [0, 0.1) is 0 Å². The first kappa shape index (κ1) is 15.8. The number of benzene rings is 2. The molecule has 1 atom stereocenters. The predicted molar refractivity (Wildman–Crippen MR) is 94.4 cm³/mol. The molecule has 0 radical (unpaired) electrons. The van der Waals surface area contributed by atoms with Crippen molar-refractivity contribution >= 4 is 14.7 Å². The van der Waals surface area contributed by atoms with E-state index in [9.17, 15) is 8.42 Å². The number of hydrogen-bond donors (Lipinski definition) is 0. The van der Waals surface area contributed by atoms with Gasteiger partial charge in [0.05, 0.1) is 10.6 Å². The van der Waals surface area contributed by atoms with Crippen LogP contribution in [0.4, 0.5) is 0 Å². The minimum Gasteiger partial charge on any atom is -0.373 e. The molecule has 1 aliphatic rings. The molecule has 0 fully saturated rings. The van der Waals surface area contributed by atoms with Crippen LogP contribution >= 0.6 is 0 Å². The Labute approximate surface area is 138 Å². The van der Waals surface area contributed by atoms with E-state index < -0.39 is 15.1 Å². The molecule has 2 aromatic carbocycles. The molecule has 0 aliphatic carbocycles. The van der Waals surface area contributed by atoms with Gasteiger partial charge in [0.1, 0.15) is 5.25 Å². The highest BCUT2D eigenvalue weighted by Gasteiger charge is 2.48. The summed E-state index contributed by atoms with van der Waals surface area (Å²) in [7, 11) is -3.35. The summed E-state index contributed by atoms with van der Waals surface area (Å²) in [6, 6.07) is 18.9. The Bertz CT molecular complexity index is 807. The Morgan fingerprint density at radius 1 is 0.870 bits per heavy atom. The molecule has 0 spiro atoms. The quantitative estimate of drug-likeness (QED) is 0.836. The molecule has 1 aliphatic heterocycles. The maximum atomic E-state index is 13.0. The minimum absolute atomic E-state index is 0.482. The Morgan fingerprint density at radius 3 is 1.91 bits per heavy atom. The lowest BCUT2D eigenvalue weighted by molar-refractivity contribution is 0.367. The van der Waals surface area contributed by atoms with Crippen LogP contribution < -0.4 is 0 Å². The molecular formula is C19H21NO2S. The smallest absolute Gasteiger partial charge is 0.193 e. The summed E-state index contributed by atoms with van der Waals surface area (Å²) < 4.78 is 26.0. The first-order chi connectivity index (χ1) is 11.1. The molecule has 0 aromatic heterocycles. The Hall–Kier alpha value is -2.07. The van der Waals surface area contributed by atoms with Crippen molar-refractivity contribution in [3.8, 4) is 0 Å². The fourth-order valence-electron chi connectivity index (χ4n) is 3.21. The lowest BCUT2D eigenvalue weighted by atomic mass is 10.0. The standard InChI is InChI=1S/C19H21NO2S/c1-3-20(4-2)17-18(15-11-7-5-8-12-15)23(21,22)19(17)16-13-9-6-10-14-16/h5-14,18H,3-4H2,1-2H3. The van der Waals surface area contributed by atoms with Crippen molar-refractivity contribution in [3.05, 3.63) is 77.5 Å². The zero-order valence-corrected chi connectivity index (χ0v) is 14.3. The first-order valence-corrected chi connectivity index (χ1v) is 9.49. The first-order valence-electron chi connectivity index (χ1n) is 7.94. The van der Waals surface area contributed by atoms with Gasteiger partial charge in [-0.25, -0.2) is 8.42 Å². The summed E-state index contributed by atoms with van der Waals surface area (Å²) in [5, 5.41) is -0.557. The summed E-state index contributed by atoms with van der Waals surface area (Å²) in [5.74, 6) is 0.